The van der Waals surface area contributed by atoms with Crippen molar-refractivity contribution in [2.24, 2.45) is 23.7 Å². The van der Waals surface area contributed by atoms with Crippen molar-refractivity contribution in [1.29, 1.82) is 0 Å². The van der Waals surface area contributed by atoms with Crippen molar-refractivity contribution in [1.82, 2.24) is 0 Å². The Kier molecular flexibility index (Phi) is 4.26. The Balaban J connectivity index is 1.90. The Bertz CT molecular complexity index is 884. The molecule has 28 heavy (non-hydrogen) atoms. The van der Waals surface area contributed by atoms with Gasteiger partial charge in [-0.15, -0.1) is 0 Å². The summed E-state index contributed by atoms with van der Waals surface area (Å²) in [4.78, 5) is 41.4. The van der Waals surface area contributed by atoms with Gasteiger partial charge in [0.15, 0.2) is 5.78 Å². The maximum Gasteiger partial charge on any atom is 0.238 e. The number of allylic oxidation sites excluding steroid dienone is 1. The highest BCUT2D eigenvalue weighted by molar-refractivity contribution is 6.83. The van der Waals surface area contributed by atoms with Crippen LogP contribution in [0.15, 0.2) is 41.6 Å². The van der Waals surface area contributed by atoms with E-state index in [1.165, 1.54) is 19.1 Å². The van der Waals surface area contributed by atoms with Crippen molar-refractivity contribution in [3.05, 3.63) is 41.6 Å². The highest BCUT2D eigenvalue weighted by atomic mass is 28.3. The molecular formula is C21H25NO5Si. The number of ether oxygens (including phenoxy) is 2. The molecule has 2 fully saturated rings. The Hall–Kier alpha value is -2.09. The van der Waals surface area contributed by atoms with Gasteiger partial charge in [0, 0.05) is 14.2 Å². The number of carbonyl (C=O) groups excluding carboxylic acids is 3. The molecule has 6 nitrogen and oxygen atoms in total. The minimum absolute atomic E-state index is 0.262. The quantitative estimate of drug-likeness (QED) is 0.442. The number of benzene rings is 1. The van der Waals surface area contributed by atoms with Gasteiger partial charge in [-0.05, 0) is 12.1 Å². The first-order chi connectivity index (χ1) is 13.2. The zero-order valence-corrected chi connectivity index (χ0v) is 17.8. The number of amides is 2. The molecule has 4 aliphatic rings. The largest absolute Gasteiger partial charge is 0.347 e. The number of para-hydroxylation sites is 1. The van der Waals surface area contributed by atoms with E-state index in [2.05, 4.69) is 19.6 Å². The minimum atomic E-state index is -1.91. The zero-order chi connectivity index (χ0) is 20.4. The maximum absolute atomic E-state index is 13.5. The van der Waals surface area contributed by atoms with E-state index in [9.17, 15) is 14.4 Å². The fourth-order valence-corrected chi connectivity index (χ4v) is 7.17. The number of nitrogens with zero attached hydrogens (tertiary/aromatic N) is 1. The highest BCUT2D eigenvalue weighted by Crippen LogP contribution is 2.58. The molecule has 0 N–H and O–H groups in total. The molecule has 1 aromatic rings. The monoisotopic (exact) mass is 399 g/mol. The molecule has 1 aromatic carbocycles. The first kappa shape index (κ1) is 19.2. The van der Waals surface area contributed by atoms with Gasteiger partial charge in [0.2, 0.25) is 17.6 Å². The van der Waals surface area contributed by atoms with E-state index in [1.54, 1.807) is 24.3 Å². The minimum Gasteiger partial charge on any atom is -0.347 e. The second kappa shape index (κ2) is 6.20. The van der Waals surface area contributed by atoms with Gasteiger partial charge in [-0.2, -0.15) is 0 Å². The molecule has 3 aliphatic carbocycles. The van der Waals surface area contributed by atoms with Crippen LogP contribution in [0.4, 0.5) is 5.69 Å². The summed E-state index contributed by atoms with van der Waals surface area (Å²) >= 11 is 0. The van der Waals surface area contributed by atoms with Crippen molar-refractivity contribution >= 4 is 31.4 Å². The van der Waals surface area contributed by atoms with Crippen LogP contribution < -0.4 is 4.90 Å². The topological polar surface area (TPSA) is 72.9 Å². The first-order valence-corrected chi connectivity index (χ1v) is 13.0. The highest BCUT2D eigenvalue weighted by Gasteiger charge is 2.71. The number of methoxy groups -OCH3 is 2. The molecule has 1 saturated heterocycles. The number of imide groups is 1. The summed E-state index contributed by atoms with van der Waals surface area (Å²) in [5, 5.41) is 1.07. The molecule has 148 valence electrons. The lowest BCUT2D eigenvalue weighted by Gasteiger charge is -2.53. The maximum atomic E-state index is 13.5. The van der Waals surface area contributed by atoms with Gasteiger partial charge in [0.25, 0.3) is 0 Å². The summed E-state index contributed by atoms with van der Waals surface area (Å²) in [6.45, 7) is 6.52. The van der Waals surface area contributed by atoms with Crippen LogP contribution in [0.1, 0.15) is 0 Å². The molecule has 1 saturated carbocycles. The number of rotatable bonds is 4. The van der Waals surface area contributed by atoms with Gasteiger partial charge in [-0.3, -0.25) is 19.3 Å². The van der Waals surface area contributed by atoms with Crippen LogP contribution in [-0.4, -0.2) is 45.7 Å². The lowest BCUT2D eigenvalue weighted by Crippen LogP contribution is -2.66. The molecule has 4 unspecified atom stereocenters. The molecule has 4 atom stereocenters. The van der Waals surface area contributed by atoms with Gasteiger partial charge in [-0.25, -0.2) is 0 Å². The van der Waals surface area contributed by atoms with Crippen LogP contribution in [-0.2, 0) is 23.9 Å². The Morgan fingerprint density at radius 2 is 1.50 bits per heavy atom. The molecule has 2 amide bonds. The van der Waals surface area contributed by atoms with E-state index >= 15 is 0 Å². The van der Waals surface area contributed by atoms with E-state index in [1.807, 2.05) is 12.1 Å². The smallest absolute Gasteiger partial charge is 0.238 e. The van der Waals surface area contributed by atoms with Crippen molar-refractivity contribution in [3.8, 4) is 0 Å². The van der Waals surface area contributed by atoms with Crippen molar-refractivity contribution in [3.63, 3.8) is 0 Å². The molecule has 7 heteroatoms. The molecule has 0 aromatic heterocycles. The molecular weight excluding hydrogens is 374 g/mol. The molecule has 0 spiro atoms. The average molecular weight is 400 g/mol. The van der Waals surface area contributed by atoms with Crippen LogP contribution >= 0.6 is 0 Å². The van der Waals surface area contributed by atoms with Crippen molar-refractivity contribution in [2.45, 2.75) is 25.4 Å². The number of hydrogen-bond acceptors (Lipinski definition) is 5. The molecule has 0 radical (unpaired) electrons. The van der Waals surface area contributed by atoms with Gasteiger partial charge in [-0.1, -0.05) is 49.1 Å². The van der Waals surface area contributed by atoms with Crippen molar-refractivity contribution in [2.75, 3.05) is 19.1 Å². The fraction of sp³-hybridized carbons (Fsp3) is 0.476. The third-order valence-corrected chi connectivity index (χ3v) is 8.59. The third-order valence-electron chi connectivity index (χ3n) is 6.38. The number of anilines is 1. The summed E-state index contributed by atoms with van der Waals surface area (Å²) in [7, 11) is 0.972. The van der Waals surface area contributed by atoms with E-state index in [4.69, 9.17) is 9.47 Å². The van der Waals surface area contributed by atoms with Crippen LogP contribution in [0, 0.1) is 23.7 Å². The second-order valence-corrected chi connectivity index (χ2v) is 13.8. The van der Waals surface area contributed by atoms with E-state index in [0.29, 0.717) is 5.69 Å². The summed E-state index contributed by atoms with van der Waals surface area (Å²) in [5.41, 5.74) is 0.536. The summed E-state index contributed by atoms with van der Waals surface area (Å²) in [5.74, 6) is -4.99. The number of hydrogen-bond donors (Lipinski definition) is 0. The molecule has 5 rings (SSSR count). The lowest BCUT2D eigenvalue weighted by molar-refractivity contribution is -0.247. The molecule has 1 aliphatic heterocycles. The zero-order valence-electron chi connectivity index (χ0n) is 16.8. The lowest BCUT2D eigenvalue weighted by atomic mass is 9.59. The third kappa shape index (κ3) is 2.30. The summed E-state index contributed by atoms with van der Waals surface area (Å²) in [6, 6.07) is 8.89. The standard InChI is InChI=1S/C21H25NO5Si/c1-26-21(27-2)17-14(28(3,4)5)11-13(18(21)23)15-16(17)20(25)22(19(15)24)12-9-7-6-8-10-12/h6-11,13,15-17H,1-5H3. The molecule has 1 heterocycles. The van der Waals surface area contributed by atoms with Crippen LogP contribution in [0.3, 0.4) is 0 Å². The number of fused-ring (bicyclic) bond motifs is 1. The predicted molar refractivity (Wildman–Crippen MR) is 106 cm³/mol. The predicted octanol–water partition coefficient (Wildman–Crippen LogP) is 2.41. The fourth-order valence-electron chi connectivity index (χ4n) is 5.19. The summed E-state index contributed by atoms with van der Waals surface area (Å²) in [6.07, 6.45) is 1.94. The van der Waals surface area contributed by atoms with Gasteiger partial charge < -0.3 is 9.47 Å². The first-order valence-electron chi connectivity index (χ1n) is 9.48. The van der Waals surface area contributed by atoms with Crippen molar-refractivity contribution < 1.29 is 23.9 Å². The average Bonchev–Trinajstić information content (AvgIpc) is 2.94. The van der Waals surface area contributed by atoms with Gasteiger partial charge >= 0.3 is 0 Å². The van der Waals surface area contributed by atoms with Crippen LogP contribution in [0.25, 0.3) is 0 Å². The van der Waals surface area contributed by atoms with Crippen LogP contribution in [0.2, 0.25) is 19.6 Å². The number of carbonyl (C=O) groups is 3. The number of ketones is 1. The molecule has 2 bridgehead atoms. The summed E-state index contributed by atoms with van der Waals surface area (Å²) < 4.78 is 11.3. The van der Waals surface area contributed by atoms with E-state index < -0.39 is 37.5 Å². The van der Waals surface area contributed by atoms with Gasteiger partial charge in [0.05, 0.1) is 37.4 Å². The Labute approximate surface area is 165 Å². The van der Waals surface area contributed by atoms with E-state index in [-0.39, 0.29) is 17.6 Å². The second-order valence-electron chi connectivity index (χ2n) is 8.71. The normalized spacial score (nSPS) is 31.2. The Morgan fingerprint density at radius 3 is 2.04 bits per heavy atom. The Morgan fingerprint density at radius 1 is 0.929 bits per heavy atom. The SMILES string of the molecule is COC1(OC)C(=O)C2C=C([Si](C)(C)C)C1C1C(=O)N(c3ccccc3)C(=O)C21. The van der Waals surface area contributed by atoms with Crippen LogP contribution in [0.5, 0.6) is 0 Å². The van der Waals surface area contributed by atoms with E-state index in [0.717, 1.165) is 5.20 Å². The number of Topliss-reactive ketones (excluding diaryl/α,β-unsaturated/α-hetero) is 1. The van der Waals surface area contributed by atoms with Gasteiger partial charge in [0.1, 0.15) is 0 Å².